The summed E-state index contributed by atoms with van der Waals surface area (Å²) in [7, 11) is 0. The van der Waals surface area contributed by atoms with Gasteiger partial charge in [-0.1, -0.05) is 542 Å². The van der Waals surface area contributed by atoms with Crippen LogP contribution in [0.15, 0.2) is 115 Å². The highest BCUT2D eigenvalue weighted by atomic mass is 79.9. The van der Waals surface area contributed by atoms with Gasteiger partial charge in [-0.25, -0.2) is 0 Å². The Balaban J connectivity index is 1.000. The third kappa shape index (κ3) is 43.3. The van der Waals surface area contributed by atoms with Crippen LogP contribution in [0.1, 0.15) is 589 Å². The van der Waals surface area contributed by atoms with Crippen LogP contribution in [0, 0.1) is 23.7 Å². The van der Waals surface area contributed by atoms with E-state index in [1.165, 1.54) is 462 Å². The molecule has 0 bridgehead atoms. The molecule has 8 nitrogen and oxygen atoms in total. The van der Waals surface area contributed by atoms with Crippen molar-refractivity contribution in [1.82, 2.24) is 19.6 Å². The Morgan fingerprint density at radius 2 is 0.345 bits per heavy atom. The van der Waals surface area contributed by atoms with E-state index in [9.17, 15) is 0 Å². The molecule has 4 atom stereocenters. The quantitative estimate of drug-likeness (QED) is 0.0356. The van der Waals surface area contributed by atoms with Gasteiger partial charge in [-0.15, -0.1) is 45.3 Å². The van der Waals surface area contributed by atoms with Crippen molar-refractivity contribution in [2.45, 2.75) is 569 Å². The van der Waals surface area contributed by atoms with Crippen LogP contribution < -0.4 is 0 Å². The Kier molecular flexibility index (Phi) is 64.3. The van der Waals surface area contributed by atoms with E-state index >= 15 is 19.2 Å². The molecule has 0 N–H and O–H groups in total. The molecule has 4 aromatic heterocycles. The topological polar surface area (TPSA) is 81.2 Å². The minimum Gasteiger partial charge on any atom is -0.306 e. The average molecular weight is 2230 g/mol. The zero-order valence-electron chi connectivity index (χ0n) is 95.6. The summed E-state index contributed by atoms with van der Waals surface area (Å²) in [6, 6.07) is 31.6. The monoisotopic (exact) mass is 2230 g/mol. The predicted molar refractivity (Wildman–Crippen MR) is 658 cm³/mol. The molecule has 4 unspecified atom stereocenters. The molecular weight excluding hydrogens is 2020 g/mol. The summed E-state index contributed by atoms with van der Waals surface area (Å²) in [5, 5.41) is 2.30. The van der Waals surface area contributed by atoms with Crippen LogP contribution in [0.2, 0.25) is 0 Å². The van der Waals surface area contributed by atoms with E-state index < -0.39 is 0 Å². The minimum atomic E-state index is 0.0157. The standard InChI is InChI=1S/C134H210Br2N4O4S4/c1-9-17-25-33-41-49-53-61-69-77-83-107(81-73-65-57-45-37-29-21-13-5)103-137-127(123-125(133(137)143)129(119-97-99-121(135)147-119)139(131(123)141)105-109(85-75-67-59-47-39-31-23-15-7)87-79-71-63-55-51-43-35-27-19-11-3)117-95-93-115(145-117)113-91-89-112-102-114(92-90-111(112)101-113)116-94-96-118(146-116)128-124-126(134(144)138(128)104-108(82-74-66-58-46-38-30-22-14-6)84-78-70-62-54-50-42-34-26-18-10-2)130(120-98-100-122(136)148-120)140(132(124)142)106-110(86-76-68-60-48-40-32-24-16-8)88-80-72-64-56-52-44-36-28-20-12-4/h89-102,107-110H,9-88,103-106H2,1-8H3. The number of halogens is 2. The van der Waals surface area contributed by atoms with E-state index in [0.717, 1.165) is 133 Å². The van der Waals surface area contributed by atoms with Gasteiger partial charge >= 0.3 is 0 Å². The minimum absolute atomic E-state index is 0.0157. The Labute approximate surface area is 939 Å². The van der Waals surface area contributed by atoms with Gasteiger partial charge in [-0.3, -0.25) is 19.2 Å². The maximum atomic E-state index is 16.6. The van der Waals surface area contributed by atoms with Crippen LogP contribution in [-0.2, 0) is 19.2 Å². The lowest BCUT2D eigenvalue weighted by Gasteiger charge is -2.29. The molecule has 0 saturated heterocycles. The molecule has 8 heterocycles. The summed E-state index contributed by atoms with van der Waals surface area (Å²) < 4.78 is 2.03. The van der Waals surface area contributed by atoms with E-state index in [1.807, 2.05) is 0 Å². The van der Waals surface area contributed by atoms with Crippen LogP contribution in [0.5, 0.6) is 0 Å². The second-order valence-corrected chi connectivity index (χ2v) is 53.4. The van der Waals surface area contributed by atoms with Gasteiger partial charge in [0.2, 0.25) is 0 Å². The number of nitrogens with zero attached hydrogens (tertiary/aromatic N) is 4. The third-order valence-electron chi connectivity index (χ3n) is 33.6. The molecule has 148 heavy (non-hydrogen) atoms. The number of thiophene rings is 4. The van der Waals surface area contributed by atoms with E-state index in [-0.39, 0.29) is 23.6 Å². The molecule has 4 aliphatic heterocycles. The first-order valence-electron chi connectivity index (χ1n) is 63.3. The number of rotatable bonds is 94. The highest BCUT2D eigenvalue weighted by molar-refractivity contribution is 9.11. The van der Waals surface area contributed by atoms with E-state index in [4.69, 9.17) is 0 Å². The smallest absolute Gasteiger partial charge is 0.261 e. The SMILES string of the molecule is CCCCCCCCCCCCC(CCCCCCCCCC)CN1C(=O)C2=C(c3ccc(-c4ccc5cc(-c6ccc(C7=C8C(=O)N(CC(CCCCCCCCCC)CCCCCCCCCCCC)C(c9ccc(Br)s9)=C8C(=O)N7CC(CCCCCCCCCC)CCCCCCCCCCCC)s6)ccc5c4)s3)N(CC(CCCCCCCCCC)CCCCCCCCCCCC)C(=O)C2=C1c1ccc(Br)s1. The lowest BCUT2D eigenvalue weighted by molar-refractivity contribution is -0.124. The number of carbonyl (C=O) groups is 4. The summed E-state index contributed by atoms with van der Waals surface area (Å²) in [6.07, 6.45) is 102. The lowest BCUT2D eigenvalue weighted by Crippen LogP contribution is -2.34. The number of unbranched alkanes of at least 4 members (excludes halogenated alkanes) is 64. The summed E-state index contributed by atoms with van der Waals surface area (Å²) >= 11 is 14.7. The summed E-state index contributed by atoms with van der Waals surface area (Å²) in [4.78, 5) is 81.2. The van der Waals surface area contributed by atoms with Crippen LogP contribution in [0.4, 0.5) is 0 Å². The highest BCUT2D eigenvalue weighted by Gasteiger charge is 2.52. The van der Waals surface area contributed by atoms with E-state index in [1.54, 1.807) is 45.3 Å². The molecule has 6 aromatic rings. The van der Waals surface area contributed by atoms with Crippen LogP contribution in [0.3, 0.4) is 0 Å². The average Bonchev–Trinajstić information content (AvgIpc) is 1.55. The van der Waals surface area contributed by atoms with Gasteiger partial charge in [0.15, 0.2) is 0 Å². The molecule has 0 saturated carbocycles. The molecule has 4 aliphatic rings. The maximum Gasteiger partial charge on any atom is 0.261 e. The zero-order valence-corrected chi connectivity index (χ0v) is 102. The molecular formula is C134H210Br2N4O4S4. The zero-order chi connectivity index (χ0) is 105. The molecule has 14 heteroatoms. The van der Waals surface area contributed by atoms with Gasteiger partial charge in [0.25, 0.3) is 23.6 Å². The number of carbonyl (C=O) groups excluding carboxylic acids is 4. The number of hydrogen-bond acceptors (Lipinski definition) is 8. The second kappa shape index (κ2) is 76.0. The van der Waals surface area contributed by atoms with Crippen molar-refractivity contribution in [2.75, 3.05) is 26.2 Å². The number of amides is 4. The molecule has 828 valence electrons. The Morgan fingerprint density at radius 1 is 0.189 bits per heavy atom. The molecule has 4 amide bonds. The van der Waals surface area contributed by atoms with E-state index in [2.05, 4.69) is 192 Å². The van der Waals surface area contributed by atoms with Gasteiger partial charge in [-0.05, 0) is 189 Å². The normalized spacial score (nSPS) is 14.9. The summed E-state index contributed by atoms with van der Waals surface area (Å²) in [6.45, 7) is 21.0. The molecule has 0 fully saturated rings. The number of benzene rings is 2. The van der Waals surface area contributed by atoms with Crippen molar-refractivity contribution < 1.29 is 19.2 Å². The molecule has 0 radical (unpaired) electrons. The lowest BCUT2D eigenvalue weighted by atomic mass is 9.93. The molecule has 0 spiro atoms. The van der Waals surface area contributed by atoms with Crippen molar-refractivity contribution in [2.24, 2.45) is 23.7 Å². The first kappa shape index (κ1) is 125. The highest BCUT2D eigenvalue weighted by Crippen LogP contribution is 2.54. The fraction of sp³-hybridized carbons (Fsp3) is 0.716. The largest absolute Gasteiger partial charge is 0.306 e. The molecule has 2 aromatic carbocycles. The molecule has 0 aliphatic carbocycles. The Bertz CT molecular complexity index is 4490. The van der Waals surface area contributed by atoms with Gasteiger partial charge in [0.1, 0.15) is 0 Å². The molecule has 10 rings (SSSR count). The van der Waals surface area contributed by atoms with Gasteiger partial charge in [0.05, 0.1) is 72.2 Å². The maximum absolute atomic E-state index is 16.6. The van der Waals surface area contributed by atoms with Crippen molar-refractivity contribution in [1.29, 1.82) is 0 Å². The van der Waals surface area contributed by atoms with Crippen molar-refractivity contribution >= 4 is 134 Å². The second-order valence-electron chi connectivity index (χ2n) is 46.3. The van der Waals surface area contributed by atoms with Gasteiger partial charge < -0.3 is 19.6 Å². The fourth-order valence-electron chi connectivity index (χ4n) is 24.5. The fourth-order valence-corrected chi connectivity index (χ4v) is 29.5. The van der Waals surface area contributed by atoms with Crippen LogP contribution in [0.25, 0.3) is 54.4 Å². The number of hydrogen-bond donors (Lipinski definition) is 0. The Morgan fingerprint density at radius 3 is 0.514 bits per heavy atom. The Hall–Kier alpha value is -4.70. The first-order chi connectivity index (χ1) is 72.8. The summed E-state index contributed by atoms with van der Waals surface area (Å²) in [5.74, 6) is 1.37. The summed E-state index contributed by atoms with van der Waals surface area (Å²) in [5.41, 5.74) is 8.14. The van der Waals surface area contributed by atoms with Crippen LogP contribution >= 0.6 is 77.2 Å². The first-order valence-corrected chi connectivity index (χ1v) is 68.2. The van der Waals surface area contributed by atoms with E-state index in [0.29, 0.717) is 72.1 Å². The van der Waals surface area contributed by atoms with Gasteiger partial charge in [-0.2, -0.15) is 0 Å². The van der Waals surface area contributed by atoms with Crippen LogP contribution in [-0.4, -0.2) is 69.4 Å². The van der Waals surface area contributed by atoms with Crippen molar-refractivity contribution in [3.63, 3.8) is 0 Å². The third-order valence-corrected chi connectivity index (χ3v) is 39.1. The van der Waals surface area contributed by atoms with Gasteiger partial charge in [0, 0.05) is 35.9 Å². The number of fused-ring (bicyclic) bond motifs is 3. The van der Waals surface area contributed by atoms with Crippen molar-refractivity contribution in [3.05, 3.63) is 134 Å². The van der Waals surface area contributed by atoms with Crippen molar-refractivity contribution in [3.8, 4) is 20.9 Å². The predicted octanol–water partition coefficient (Wildman–Crippen LogP) is 45.4.